The summed E-state index contributed by atoms with van der Waals surface area (Å²) in [7, 11) is 0. The Labute approximate surface area is 225 Å². The van der Waals surface area contributed by atoms with Crippen LogP contribution in [0.15, 0.2) is 118 Å². The highest BCUT2D eigenvalue weighted by molar-refractivity contribution is 5.44. The monoisotopic (exact) mass is 506 g/mol. The smallest absolute Gasteiger partial charge is 0.119 e. The van der Waals surface area contributed by atoms with Gasteiger partial charge in [-0.25, -0.2) is 0 Å². The second-order valence-corrected chi connectivity index (χ2v) is 9.17. The molecular formula is C32H34N4O2. The van der Waals surface area contributed by atoms with Crippen LogP contribution in [0, 0.1) is 13.8 Å². The normalized spacial score (nSPS) is 11.3. The molecule has 0 aliphatic carbocycles. The van der Waals surface area contributed by atoms with Crippen molar-refractivity contribution < 1.29 is 9.47 Å². The fraction of sp³-hybridized carbons (Fsp3) is 0.250. The number of hydrogen-bond donors (Lipinski definition) is 0. The highest BCUT2D eigenvalue weighted by atomic mass is 16.5. The third kappa shape index (κ3) is 9.28. The van der Waals surface area contributed by atoms with Crippen molar-refractivity contribution in [2.45, 2.75) is 39.5 Å². The lowest BCUT2D eigenvalue weighted by Gasteiger charge is -2.07. The Kier molecular flexibility index (Phi) is 10.2. The van der Waals surface area contributed by atoms with Crippen molar-refractivity contribution in [3.63, 3.8) is 0 Å². The van der Waals surface area contributed by atoms with Crippen molar-refractivity contribution in [2.75, 3.05) is 13.2 Å². The number of nitrogens with zero attached hydrogens (tertiary/aromatic N) is 4. The summed E-state index contributed by atoms with van der Waals surface area (Å²) in [6.45, 7) is 5.50. The zero-order valence-corrected chi connectivity index (χ0v) is 22.1. The maximum atomic E-state index is 5.86. The Morgan fingerprint density at radius 3 is 1.00 bits per heavy atom. The first kappa shape index (κ1) is 26.7. The van der Waals surface area contributed by atoms with E-state index in [1.165, 1.54) is 11.1 Å². The second-order valence-electron chi connectivity index (χ2n) is 9.17. The molecule has 0 radical (unpaired) electrons. The van der Waals surface area contributed by atoms with Gasteiger partial charge in [-0.15, -0.1) is 0 Å². The summed E-state index contributed by atoms with van der Waals surface area (Å²) >= 11 is 0. The fourth-order valence-electron chi connectivity index (χ4n) is 3.61. The van der Waals surface area contributed by atoms with Crippen LogP contribution in [0.5, 0.6) is 11.5 Å². The number of benzene rings is 4. The number of unbranched alkanes of at least 4 members (excludes halogenated alkanes) is 3. The van der Waals surface area contributed by atoms with Crippen LogP contribution in [0.4, 0.5) is 22.7 Å². The molecule has 0 bridgehead atoms. The minimum atomic E-state index is 0.698. The van der Waals surface area contributed by atoms with E-state index in [2.05, 4.69) is 34.3 Å². The summed E-state index contributed by atoms with van der Waals surface area (Å²) in [6.07, 6.45) is 4.22. The number of hydrogen-bond acceptors (Lipinski definition) is 6. The Morgan fingerprint density at radius 2 is 0.684 bits per heavy atom. The molecule has 0 aromatic heterocycles. The molecule has 0 spiro atoms. The van der Waals surface area contributed by atoms with E-state index in [-0.39, 0.29) is 0 Å². The maximum Gasteiger partial charge on any atom is 0.119 e. The van der Waals surface area contributed by atoms with Crippen LogP contribution in [0.3, 0.4) is 0 Å². The van der Waals surface area contributed by atoms with Gasteiger partial charge in [0.05, 0.1) is 36.0 Å². The van der Waals surface area contributed by atoms with Crippen LogP contribution >= 0.6 is 0 Å². The number of ether oxygens (including phenoxy) is 2. The molecule has 194 valence electrons. The van der Waals surface area contributed by atoms with Crippen LogP contribution in [0.25, 0.3) is 0 Å². The molecule has 0 aliphatic rings. The average molecular weight is 507 g/mol. The molecule has 0 amide bonds. The molecule has 0 aliphatic heterocycles. The van der Waals surface area contributed by atoms with Crippen molar-refractivity contribution in [2.24, 2.45) is 20.5 Å². The second kappa shape index (κ2) is 14.4. The number of rotatable bonds is 13. The molecular weight excluding hydrogens is 472 g/mol. The SMILES string of the molecule is Cc1ccc(N=Nc2ccc(OCCCCCCOc3ccc(N=Nc4ccc(C)cc4)cc3)cc2)cc1. The Morgan fingerprint density at radius 1 is 0.395 bits per heavy atom. The number of azo groups is 2. The van der Waals surface area contributed by atoms with Gasteiger partial charge in [0.1, 0.15) is 11.5 Å². The van der Waals surface area contributed by atoms with Gasteiger partial charge in [-0.05, 0) is 112 Å². The highest BCUT2D eigenvalue weighted by Gasteiger charge is 1.99. The van der Waals surface area contributed by atoms with Gasteiger partial charge in [0.25, 0.3) is 0 Å². The largest absolute Gasteiger partial charge is 0.494 e. The van der Waals surface area contributed by atoms with Crippen LogP contribution < -0.4 is 9.47 Å². The molecule has 4 aromatic rings. The van der Waals surface area contributed by atoms with E-state index in [1.807, 2.05) is 97.1 Å². The summed E-state index contributed by atoms with van der Waals surface area (Å²) in [5.41, 5.74) is 5.71. The fourth-order valence-corrected chi connectivity index (χ4v) is 3.61. The minimum Gasteiger partial charge on any atom is -0.494 e. The van der Waals surface area contributed by atoms with Gasteiger partial charge in [-0.1, -0.05) is 35.4 Å². The lowest BCUT2D eigenvalue weighted by molar-refractivity contribution is 0.287. The summed E-state index contributed by atoms with van der Waals surface area (Å²) in [6, 6.07) is 31.4. The van der Waals surface area contributed by atoms with E-state index in [9.17, 15) is 0 Å². The van der Waals surface area contributed by atoms with Crippen molar-refractivity contribution in [1.82, 2.24) is 0 Å². The van der Waals surface area contributed by atoms with Crippen LogP contribution in [-0.2, 0) is 0 Å². The first-order valence-corrected chi connectivity index (χ1v) is 13.1. The van der Waals surface area contributed by atoms with Crippen molar-refractivity contribution in [3.05, 3.63) is 108 Å². The molecule has 38 heavy (non-hydrogen) atoms. The average Bonchev–Trinajstić information content (AvgIpc) is 2.95. The van der Waals surface area contributed by atoms with Gasteiger partial charge >= 0.3 is 0 Å². The van der Waals surface area contributed by atoms with E-state index < -0.39 is 0 Å². The van der Waals surface area contributed by atoms with E-state index in [0.29, 0.717) is 13.2 Å². The third-order valence-electron chi connectivity index (χ3n) is 5.88. The van der Waals surface area contributed by atoms with Gasteiger partial charge in [0.15, 0.2) is 0 Å². The summed E-state index contributed by atoms with van der Waals surface area (Å²) in [4.78, 5) is 0. The molecule has 0 atom stereocenters. The molecule has 0 unspecified atom stereocenters. The predicted molar refractivity (Wildman–Crippen MR) is 153 cm³/mol. The van der Waals surface area contributed by atoms with Gasteiger partial charge in [0, 0.05) is 0 Å². The quantitative estimate of drug-likeness (QED) is 0.134. The third-order valence-corrected chi connectivity index (χ3v) is 5.88. The first-order valence-electron chi connectivity index (χ1n) is 13.1. The predicted octanol–water partition coefficient (Wildman–Crippen LogP) is 10.2. The van der Waals surface area contributed by atoms with Crippen LogP contribution in [-0.4, -0.2) is 13.2 Å². The van der Waals surface area contributed by atoms with E-state index in [4.69, 9.17) is 9.47 Å². The molecule has 4 aromatic carbocycles. The van der Waals surface area contributed by atoms with Gasteiger partial charge < -0.3 is 9.47 Å². The molecule has 0 saturated carbocycles. The molecule has 0 N–H and O–H groups in total. The first-order chi connectivity index (χ1) is 18.6. The summed E-state index contributed by atoms with van der Waals surface area (Å²) in [5.74, 6) is 1.70. The van der Waals surface area contributed by atoms with Crippen molar-refractivity contribution in [1.29, 1.82) is 0 Å². The summed E-state index contributed by atoms with van der Waals surface area (Å²) in [5, 5.41) is 17.1. The highest BCUT2D eigenvalue weighted by Crippen LogP contribution is 2.23. The minimum absolute atomic E-state index is 0.698. The van der Waals surface area contributed by atoms with Crippen molar-refractivity contribution >= 4 is 22.7 Å². The van der Waals surface area contributed by atoms with Gasteiger partial charge in [0.2, 0.25) is 0 Å². The number of aryl methyl sites for hydroxylation is 2. The lowest BCUT2D eigenvalue weighted by atomic mass is 10.2. The van der Waals surface area contributed by atoms with Gasteiger partial charge in [-0.3, -0.25) is 0 Å². The molecule has 0 heterocycles. The van der Waals surface area contributed by atoms with Gasteiger partial charge in [-0.2, -0.15) is 20.5 Å². The lowest BCUT2D eigenvalue weighted by Crippen LogP contribution is -1.99. The molecule has 0 saturated heterocycles. The van der Waals surface area contributed by atoms with E-state index >= 15 is 0 Å². The maximum absolute atomic E-state index is 5.86. The Balaban J connectivity index is 1.06. The van der Waals surface area contributed by atoms with E-state index in [1.54, 1.807) is 0 Å². The Hall–Kier alpha value is -4.32. The molecule has 6 heteroatoms. The zero-order chi connectivity index (χ0) is 26.4. The Bertz CT molecular complexity index is 1190. The molecule has 4 rings (SSSR count). The molecule has 0 fully saturated rings. The summed E-state index contributed by atoms with van der Waals surface area (Å²) < 4.78 is 11.7. The van der Waals surface area contributed by atoms with E-state index in [0.717, 1.165) is 59.9 Å². The topological polar surface area (TPSA) is 67.9 Å². The van der Waals surface area contributed by atoms with Crippen LogP contribution in [0.1, 0.15) is 36.8 Å². The van der Waals surface area contributed by atoms with Crippen molar-refractivity contribution in [3.8, 4) is 11.5 Å². The molecule has 6 nitrogen and oxygen atoms in total. The van der Waals surface area contributed by atoms with Crippen LogP contribution in [0.2, 0.25) is 0 Å². The standard InChI is InChI=1S/C32H34N4O2/c1-25-7-11-27(12-8-25)33-35-29-15-19-31(20-16-29)37-23-5-3-4-6-24-38-32-21-17-30(18-22-32)36-34-28-13-9-26(2)10-14-28/h7-22H,3-6,23-24H2,1-2H3. The zero-order valence-electron chi connectivity index (χ0n) is 22.1.